The Morgan fingerprint density at radius 2 is 2.09 bits per heavy atom. The first-order valence-corrected chi connectivity index (χ1v) is 9.68. The lowest BCUT2D eigenvalue weighted by molar-refractivity contribution is -0.133. The Morgan fingerprint density at radius 3 is 3.04 bits per heavy atom. The molecule has 2 aliphatic rings. The maximum atomic E-state index is 12.7. The Labute approximate surface area is 141 Å². The predicted octanol–water partition coefficient (Wildman–Crippen LogP) is 3.58. The molecule has 1 N–H and O–H groups in total. The lowest BCUT2D eigenvalue weighted by atomic mass is 10.1. The molecule has 0 saturated carbocycles. The average Bonchev–Trinajstić information content (AvgIpc) is 3.07. The predicted molar refractivity (Wildman–Crippen MR) is 95.9 cm³/mol. The SMILES string of the molecule is O=C(CCCc1csc2ccccc12)N1C2CCNCC1CC2. The van der Waals surface area contributed by atoms with E-state index in [0.29, 0.717) is 24.4 Å². The molecule has 2 unspecified atom stereocenters. The van der Waals surface area contributed by atoms with E-state index in [1.165, 1.54) is 28.5 Å². The Bertz CT molecular complexity index is 681. The van der Waals surface area contributed by atoms with Crippen LogP contribution in [0.1, 0.15) is 37.7 Å². The minimum atomic E-state index is 0.376. The van der Waals surface area contributed by atoms with Crippen molar-refractivity contribution in [3.63, 3.8) is 0 Å². The van der Waals surface area contributed by atoms with Crippen molar-refractivity contribution in [2.75, 3.05) is 13.1 Å². The Balaban J connectivity index is 1.36. The van der Waals surface area contributed by atoms with E-state index >= 15 is 0 Å². The van der Waals surface area contributed by atoms with Crippen molar-refractivity contribution in [1.82, 2.24) is 10.2 Å². The van der Waals surface area contributed by atoms with Gasteiger partial charge in [0, 0.05) is 29.7 Å². The fourth-order valence-corrected chi connectivity index (χ4v) is 5.17. The first-order valence-electron chi connectivity index (χ1n) is 8.80. The van der Waals surface area contributed by atoms with Gasteiger partial charge in [0.2, 0.25) is 5.91 Å². The number of fused-ring (bicyclic) bond motifs is 3. The summed E-state index contributed by atoms with van der Waals surface area (Å²) >= 11 is 1.81. The molecule has 1 amide bonds. The maximum absolute atomic E-state index is 12.7. The molecule has 0 aliphatic carbocycles. The fraction of sp³-hybridized carbons (Fsp3) is 0.526. The molecule has 2 aliphatic heterocycles. The van der Waals surface area contributed by atoms with Crippen LogP contribution in [0.5, 0.6) is 0 Å². The number of thiophene rings is 1. The van der Waals surface area contributed by atoms with Gasteiger partial charge in [-0.3, -0.25) is 4.79 Å². The second-order valence-electron chi connectivity index (χ2n) is 6.79. The van der Waals surface area contributed by atoms with Crippen LogP contribution >= 0.6 is 11.3 Å². The van der Waals surface area contributed by atoms with Crippen molar-refractivity contribution in [3.8, 4) is 0 Å². The largest absolute Gasteiger partial charge is 0.335 e. The summed E-state index contributed by atoms with van der Waals surface area (Å²) in [5.74, 6) is 0.376. The molecule has 2 atom stereocenters. The number of aryl methyl sites for hydroxylation is 1. The van der Waals surface area contributed by atoms with Gasteiger partial charge in [-0.2, -0.15) is 0 Å². The van der Waals surface area contributed by atoms with Gasteiger partial charge in [-0.15, -0.1) is 11.3 Å². The molecule has 1 aromatic heterocycles. The molecule has 122 valence electrons. The monoisotopic (exact) mass is 328 g/mol. The standard InChI is InChI=1S/C19H24N2OS/c22-19(21-15-8-9-16(21)12-20-11-10-15)7-3-4-14-13-23-18-6-2-1-5-17(14)18/h1-2,5-6,13,15-16,20H,3-4,7-12H2. The van der Waals surface area contributed by atoms with E-state index < -0.39 is 0 Å². The Kier molecular flexibility index (Phi) is 4.36. The van der Waals surface area contributed by atoms with E-state index in [0.717, 1.165) is 32.4 Å². The molecule has 4 rings (SSSR count). The van der Waals surface area contributed by atoms with E-state index in [-0.39, 0.29) is 0 Å². The van der Waals surface area contributed by atoms with Crippen LogP contribution in [0.2, 0.25) is 0 Å². The molecule has 3 nitrogen and oxygen atoms in total. The number of amides is 1. The van der Waals surface area contributed by atoms with Crippen molar-refractivity contribution in [3.05, 3.63) is 35.2 Å². The Morgan fingerprint density at radius 1 is 1.22 bits per heavy atom. The highest BCUT2D eigenvalue weighted by molar-refractivity contribution is 7.17. The second-order valence-corrected chi connectivity index (χ2v) is 7.70. The van der Waals surface area contributed by atoms with E-state index in [9.17, 15) is 4.79 Å². The Hall–Kier alpha value is -1.39. The zero-order valence-corrected chi connectivity index (χ0v) is 14.3. The topological polar surface area (TPSA) is 32.3 Å². The highest BCUT2D eigenvalue weighted by Crippen LogP contribution is 2.30. The first kappa shape index (κ1) is 15.2. The van der Waals surface area contributed by atoms with E-state index in [1.54, 1.807) is 0 Å². The molecular formula is C19H24N2OS. The molecule has 2 fully saturated rings. The summed E-state index contributed by atoms with van der Waals surface area (Å²) in [5, 5.41) is 7.09. The first-order chi connectivity index (χ1) is 11.3. The summed E-state index contributed by atoms with van der Waals surface area (Å²) < 4.78 is 1.35. The maximum Gasteiger partial charge on any atom is 0.223 e. The van der Waals surface area contributed by atoms with Gasteiger partial charge < -0.3 is 10.2 Å². The number of carbonyl (C=O) groups excluding carboxylic acids is 1. The number of nitrogens with one attached hydrogen (secondary N) is 1. The number of hydrogen-bond donors (Lipinski definition) is 1. The number of nitrogens with zero attached hydrogens (tertiary/aromatic N) is 1. The lowest BCUT2D eigenvalue weighted by Gasteiger charge is -2.28. The molecule has 1 aromatic carbocycles. The molecule has 0 radical (unpaired) electrons. The van der Waals surface area contributed by atoms with E-state index in [2.05, 4.69) is 39.9 Å². The lowest BCUT2D eigenvalue weighted by Crippen LogP contribution is -2.42. The van der Waals surface area contributed by atoms with Gasteiger partial charge in [-0.1, -0.05) is 18.2 Å². The molecular weight excluding hydrogens is 304 g/mol. The smallest absolute Gasteiger partial charge is 0.223 e. The van der Waals surface area contributed by atoms with Gasteiger partial charge in [0.15, 0.2) is 0 Å². The third kappa shape index (κ3) is 3.02. The molecule has 23 heavy (non-hydrogen) atoms. The zero-order chi connectivity index (χ0) is 15.6. The van der Waals surface area contributed by atoms with Crippen molar-refractivity contribution >= 4 is 27.3 Å². The van der Waals surface area contributed by atoms with Crippen LogP contribution in [-0.2, 0) is 11.2 Å². The van der Waals surface area contributed by atoms with Crippen LogP contribution in [0.25, 0.3) is 10.1 Å². The van der Waals surface area contributed by atoms with Gasteiger partial charge in [0.1, 0.15) is 0 Å². The van der Waals surface area contributed by atoms with Gasteiger partial charge in [-0.25, -0.2) is 0 Å². The fourth-order valence-electron chi connectivity index (χ4n) is 4.18. The van der Waals surface area contributed by atoms with Crippen LogP contribution in [0.15, 0.2) is 29.6 Å². The minimum absolute atomic E-state index is 0.376. The van der Waals surface area contributed by atoms with Crippen LogP contribution < -0.4 is 5.32 Å². The highest BCUT2D eigenvalue weighted by Gasteiger charge is 2.37. The quantitative estimate of drug-likeness (QED) is 0.930. The summed E-state index contributed by atoms with van der Waals surface area (Å²) in [5.41, 5.74) is 1.40. The summed E-state index contributed by atoms with van der Waals surface area (Å²) in [7, 11) is 0. The molecule has 4 heteroatoms. The number of carbonyl (C=O) groups is 1. The van der Waals surface area contributed by atoms with Gasteiger partial charge in [0.05, 0.1) is 0 Å². The molecule has 2 saturated heterocycles. The van der Waals surface area contributed by atoms with Crippen LogP contribution in [0, 0.1) is 0 Å². The van der Waals surface area contributed by atoms with Crippen LogP contribution in [0.4, 0.5) is 0 Å². The third-order valence-electron chi connectivity index (χ3n) is 5.34. The molecule has 0 spiro atoms. The van der Waals surface area contributed by atoms with Crippen LogP contribution in [-0.4, -0.2) is 36.0 Å². The third-order valence-corrected chi connectivity index (χ3v) is 6.35. The summed E-state index contributed by atoms with van der Waals surface area (Å²) in [4.78, 5) is 14.9. The van der Waals surface area contributed by atoms with Crippen molar-refractivity contribution in [1.29, 1.82) is 0 Å². The van der Waals surface area contributed by atoms with Crippen molar-refractivity contribution in [2.24, 2.45) is 0 Å². The van der Waals surface area contributed by atoms with Crippen molar-refractivity contribution < 1.29 is 4.79 Å². The molecule has 2 aromatic rings. The van der Waals surface area contributed by atoms with E-state index in [1.807, 2.05) is 11.3 Å². The van der Waals surface area contributed by atoms with Gasteiger partial charge >= 0.3 is 0 Å². The molecule has 2 bridgehead atoms. The summed E-state index contributed by atoms with van der Waals surface area (Å²) in [6.07, 6.45) is 6.17. The van der Waals surface area contributed by atoms with E-state index in [4.69, 9.17) is 0 Å². The highest BCUT2D eigenvalue weighted by atomic mass is 32.1. The normalized spacial score (nSPS) is 24.1. The zero-order valence-electron chi connectivity index (χ0n) is 13.5. The minimum Gasteiger partial charge on any atom is -0.335 e. The summed E-state index contributed by atoms with van der Waals surface area (Å²) in [6, 6.07) is 9.50. The summed E-state index contributed by atoms with van der Waals surface area (Å²) in [6.45, 7) is 2.04. The number of benzene rings is 1. The number of hydrogen-bond acceptors (Lipinski definition) is 3. The molecule has 3 heterocycles. The average molecular weight is 328 g/mol. The van der Waals surface area contributed by atoms with Gasteiger partial charge in [-0.05, 0) is 61.0 Å². The van der Waals surface area contributed by atoms with Gasteiger partial charge in [0.25, 0.3) is 0 Å². The second kappa shape index (κ2) is 6.62. The van der Waals surface area contributed by atoms with Crippen LogP contribution in [0.3, 0.4) is 0 Å². The number of rotatable bonds is 4. The van der Waals surface area contributed by atoms with Crippen molar-refractivity contribution in [2.45, 2.75) is 50.6 Å².